The lowest BCUT2D eigenvalue weighted by atomic mass is 9.84. The predicted octanol–water partition coefficient (Wildman–Crippen LogP) is 6.10. The second kappa shape index (κ2) is 10.3. The number of hydrogen-bond acceptors (Lipinski definition) is 6. The molecule has 0 spiro atoms. The molecule has 5 rings (SSSR count). The standard InChI is InChI=1S/C32H43N7/c1-22(2)39-21-34-29-28(39)27(18-25-17-26(31(4,5)6)10-9-23(25)3)35-30(36-29)37-15-16-38(32(7,8)20-37)19-24-11-13-33-14-12-24/h9-14,17,21-22H,15-16,18-20H2,1-8H3. The summed E-state index contributed by atoms with van der Waals surface area (Å²) in [4.78, 5) is 24.1. The van der Waals surface area contributed by atoms with E-state index in [4.69, 9.17) is 15.0 Å². The Bertz CT molecular complexity index is 1450. The van der Waals surface area contributed by atoms with E-state index in [9.17, 15) is 0 Å². The smallest absolute Gasteiger partial charge is 0.227 e. The topological polar surface area (TPSA) is 63.0 Å². The van der Waals surface area contributed by atoms with Crippen LogP contribution in [0.25, 0.3) is 11.2 Å². The van der Waals surface area contributed by atoms with E-state index in [1.165, 1.54) is 22.3 Å². The summed E-state index contributed by atoms with van der Waals surface area (Å²) in [6.07, 6.45) is 6.43. The molecule has 1 aromatic carbocycles. The van der Waals surface area contributed by atoms with Crippen molar-refractivity contribution in [2.45, 2.75) is 85.4 Å². The van der Waals surface area contributed by atoms with Crippen molar-refractivity contribution >= 4 is 17.1 Å². The average Bonchev–Trinajstić information content (AvgIpc) is 3.31. The summed E-state index contributed by atoms with van der Waals surface area (Å²) in [5.74, 6) is 0.785. The quantitative estimate of drug-likeness (QED) is 0.303. The van der Waals surface area contributed by atoms with Crippen LogP contribution in [0.2, 0.25) is 0 Å². The van der Waals surface area contributed by atoms with Crippen LogP contribution in [0, 0.1) is 6.92 Å². The highest BCUT2D eigenvalue weighted by molar-refractivity contribution is 5.76. The van der Waals surface area contributed by atoms with Crippen LogP contribution in [0.1, 0.15) is 82.5 Å². The van der Waals surface area contributed by atoms with Crippen LogP contribution in [0.5, 0.6) is 0 Å². The summed E-state index contributed by atoms with van der Waals surface area (Å²) >= 11 is 0. The third-order valence-corrected chi connectivity index (χ3v) is 8.10. The molecular formula is C32H43N7. The zero-order chi connectivity index (χ0) is 27.9. The number of fused-ring (bicyclic) bond motifs is 1. The molecule has 4 heterocycles. The number of hydrogen-bond donors (Lipinski definition) is 0. The molecule has 1 fully saturated rings. The summed E-state index contributed by atoms with van der Waals surface area (Å²) < 4.78 is 2.22. The minimum Gasteiger partial charge on any atom is -0.338 e. The Hall–Kier alpha value is -3.32. The zero-order valence-electron chi connectivity index (χ0n) is 24.9. The molecule has 4 aromatic rings. The monoisotopic (exact) mass is 525 g/mol. The van der Waals surface area contributed by atoms with E-state index in [2.05, 4.69) is 105 Å². The molecule has 0 radical (unpaired) electrons. The Labute approximate surface area is 233 Å². The zero-order valence-corrected chi connectivity index (χ0v) is 24.9. The summed E-state index contributed by atoms with van der Waals surface area (Å²) in [6.45, 7) is 21.6. The van der Waals surface area contributed by atoms with Crippen molar-refractivity contribution in [2.24, 2.45) is 0 Å². The van der Waals surface area contributed by atoms with Gasteiger partial charge in [-0.1, -0.05) is 39.0 Å². The molecule has 0 unspecified atom stereocenters. The van der Waals surface area contributed by atoms with Gasteiger partial charge in [-0.25, -0.2) is 9.97 Å². The van der Waals surface area contributed by atoms with Gasteiger partial charge in [-0.05, 0) is 74.4 Å². The minimum atomic E-state index is -0.0328. The van der Waals surface area contributed by atoms with Gasteiger partial charge in [0.05, 0.1) is 12.0 Å². The summed E-state index contributed by atoms with van der Waals surface area (Å²) in [7, 11) is 0. The Morgan fingerprint density at radius 2 is 1.74 bits per heavy atom. The lowest BCUT2D eigenvalue weighted by Crippen LogP contribution is -2.59. The summed E-state index contributed by atoms with van der Waals surface area (Å²) in [5, 5.41) is 0. The molecule has 7 heteroatoms. The molecule has 1 aliphatic rings. The van der Waals surface area contributed by atoms with E-state index in [1.807, 2.05) is 18.7 Å². The van der Waals surface area contributed by atoms with Crippen LogP contribution >= 0.6 is 0 Å². The third kappa shape index (κ3) is 5.69. The number of benzene rings is 1. The fourth-order valence-electron chi connectivity index (χ4n) is 5.53. The second-order valence-electron chi connectivity index (χ2n) is 13.0. The average molecular weight is 526 g/mol. The van der Waals surface area contributed by atoms with Gasteiger partial charge in [0, 0.05) is 56.6 Å². The van der Waals surface area contributed by atoms with Gasteiger partial charge in [0.2, 0.25) is 5.95 Å². The highest BCUT2D eigenvalue weighted by atomic mass is 15.4. The molecule has 206 valence electrons. The first-order valence-corrected chi connectivity index (χ1v) is 14.1. The van der Waals surface area contributed by atoms with E-state index in [0.29, 0.717) is 0 Å². The van der Waals surface area contributed by atoms with Crippen LogP contribution in [0.4, 0.5) is 5.95 Å². The number of aryl methyl sites for hydroxylation is 1. The van der Waals surface area contributed by atoms with Gasteiger partial charge < -0.3 is 9.47 Å². The number of anilines is 1. The highest BCUT2D eigenvalue weighted by Gasteiger charge is 2.35. The first-order chi connectivity index (χ1) is 18.4. The fourth-order valence-corrected chi connectivity index (χ4v) is 5.53. The molecule has 0 bridgehead atoms. The maximum absolute atomic E-state index is 5.27. The molecule has 1 saturated heterocycles. The van der Waals surface area contributed by atoms with Crippen molar-refractivity contribution in [3.63, 3.8) is 0 Å². The lowest BCUT2D eigenvalue weighted by molar-refractivity contribution is 0.0955. The lowest BCUT2D eigenvalue weighted by Gasteiger charge is -2.47. The third-order valence-electron chi connectivity index (χ3n) is 8.10. The number of rotatable bonds is 6. The number of pyridine rings is 1. The van der Waals surface area contributed by atoms with Crippen molar-refractivity contribution in [3.8, 4) is 0 Å². The van der Waals surface area contributed by atoms with Gasteiger partial charge in [-0.3, -0.25) is 9.88 Å². The van der Waals surface area contributed by atoms with Crippen molar-refractivity contribution in [1.82, 2.24) is 29.4 Å². The van der Waals surface area contributed by atoms with Gasteiger partial charge in [-0.15, -0.1) is 0 Å². The molecule has 39 heavy (non-hydrogen) atoms. The van der Waals surface area contributed by atoms with Gasteiger partial charge in [0.15, 0.2) is 5.65 Å². The summed E-state index contributed by atoms with van der Waals surface area (Å²) in [5.41, 5.74) is 8.18. The molecule has 3 aromatic heterocycles. The largest absolute Gasteiger partial charge is 0.338 e. The van der Waals surface area contributed by atoms with Crippen LogP contribution in [0.3, 0.4) is 0 Å². The molecule has 0 aliphatic carbocycles. The molecule has 0 N–H and O–H groups in total. The summed E-state index contributed by atoms with van der Waals surface area (Å²) in [6, 6.07) is 11.4. The van der Waals surface area contributed by atoms with E-state index in [-0.39, 0.29) is 17.0 Å². The van der Waals surface area contributed by atoms with Gasteiger partial charge in [0.25, 0.3) is 0 Å². The van der Waals surface area contributed by atoms with Crippen molar-refractivity contribution in [1.29, 1.82) is 0 Å². The van der Waals surface area contributed by atoms with E-state index >= 15 is 0 Å². The highest BCUT2D eigenvalue weighted by Crippen LogP contribution is 2.30. The Kier molecular flexibility index (Phi) is 7.23. The number of piperazine rings is 1. The van der Waals surface area contributed by atoms with Gasteiger partial charge in [-0.2, -0.15) is 4.98 Å². The number of nitrogens with zero attached hydrogens (tertiary/aromatic N) is 7. The molecule has 7 nitrogen and oxygen atoms in total. The molecule has 0 amide bonds. The fraction of sp³-hybridized carbons (Fsp3) is 0.500. The van der Waals surface area contributed by atoms with Crippen LogP contribution in [0.15, 0.2) is 49.1 Å². The first-order valence-electron chi connectivity index (χ1n) is 14.1. The van der Waals surface area contributed by atoms with Crippen LogP contribution in [-0.4, -0.2) is 54.6 Å². The van der Waals surface area contributed by atoms with Crippen LogP contribution in [-0.2, 0) is 18.4 Å². The Morgan fingerprint density at radius 1 is 1.00 bits per heavy atom. The SMILES string of the molecule is Cc1ccc(C(C)(C)C)cc1Cc1nc(N2CCN(Cc3ccncc3)C(C)(C)C2)nc2ncn(C(C)C)c12. The Balaban J connectivity index is 1.50. The van der Waals surface area contributed by atoms with E-state index < -0.39 is 0 Å². The molecule has 1 aliphatic heterocycles. The first kappa shape index (κ1) is 27.3. The molecular weight excluding hydrogens is 482 g/mol. The molecule has 0 atom stereocenters. The predicted molar refractivity (Wildman–Crippen MR) is 159 cm³/mol. The van der Waals surface area contributed by atoms with E-state index in [1.54, 1.807) is 0 Å². The minimum absolute atomic E-state index is 0.0328. The molecule has 0 saturated carbocycles. The number of aromatic nitrogens is 5. The maximum Gasteiger partial charge on any atom is 0.227 e. The maximum atomic E-state index is 5.27. The normalized spacial score (nSPS) is 16.4. The van der Waals surface area contributed by atoms with Crippen molar-refractivity contribution in [2.75, 3.05) is 24.5 Å². The van der Waals surface area contributed by atoms with Crippen molar-refractivity contribution in [3.05, 3.63) is 77.0 Å². The second-order valence-corrected chi connectivity index (χ2v) is 13.0. The Morgan fingerprint density at radius 3 is 2.41 bits per heavy atom. The van der Waals surface area contributed by atoms with E-state index in [0.717, 1.165) is 55.4 Å². The van der Waals surface area contributed by atoms with Crippen molar-refractivity contribution < 1.29 is 0 Å². The van der Waals surface area contributed by atoms with Crippen LogP contribution < -0.4 is 4.90 Å². The number of imidazole rings is 1. The van der Waals surface area contributed by atoms with Gasteiger partial charge >= 0.3 is 0 Å². The van der Waals surface area contributed by atoms with Gasteiger partial charge in [0.1, 0.15) is 5.52 Å².